The molecule has 0 amide bonds. The maximum Gasteiger partial charge on any atom is 0.127 e. The van der Waals surface area contributed by atoms with Gasteiger partial charge >= 0.3 is 0 Å². The molecule has 0 spiro atoms. The standard InChI is InChI=1S/C18H19BrO/c1-18(2)12-16(18)17(19)13-8-10-15(11-9-13)20-14-6-4-3-5-7-14/h3-11,16-17H,12H2,1-2H3. The molecule has 1 aliphatic carbocycles. The minimum Gasteiger partial charge on any atom is -0.457 e. The maximum atomic E-state index is 5.81. The smallest absolute Gasteiger partial charge is 0.127 e. The van der Waals surface area contributed by atoms with E-state index in [0.717, 1.165) is 17.4 Å². The Bertz CT molecular complexity index is 574. The van der Waals surface area contributed by atoms with E-state index >= 15 is 0 Å². The predicted octanol–water partition coefficient (Wildman–Crippen LogP) is 5.96. The van der Waals surface area contributed by atoms with Gasteiger partial charge in [-0.15, -0.1) is 0 Å². The molecule has 0 aliphatic heterocycles. The summed E-state index contributed by atoms with van der Waals surface area (Å²) < 4.78 is 5.81. The van der Waals surface area contributed by atoms with Crippen LogP contribution in [-0.2, 0) is 0 Å². The Morgan fingerprint density at radius 3 is 2.10 bits per heavy atom. The number of halogens is 1. The second-order valence-corrected chi connectivity index (χ2v) is 7.17. The van der Waals surface area contributed by atoms with Gasteiger partial charge in [0.2, 0.25) is 0 Å². The lowest BCUT2D eigenvalue weighted by molar-refractivity contribution is 0.482. The van der Waals surface area contributed by atoms with Gasteiger partial charge in [-0.3, -0.25) is 0 Å². The first-order chi connectivity index (χ1) is 9.56. The SMILES string of the molecule is CC1(C)CC1C(Br)c1ccc(Oc2ccccc2)cc1. The highest BCUT2D eigenvalue weighted by atomic mass is 79.9. The quantitative estimate of drug-likeness (QED) is 0.628. The van der Waals surface area contributed by atoms with Gasteiger partial charge in [0.1, 0.15) is 11.5 Å². The molecule has 20 heavy (non-hydrogen) atoms. The fourth-order valence-electron chi connectivity index (χ4n) is 2.58. The van der Waals surface area contributed by atoms with Crippen molar-refractivity contribution >= 4 is 15.9 Å². The van der Waals surface area contributed by atoms with Gasteiger partial charge in [0, 0.05) is 4.83 Å². The first-order valence-electron chi connectivity index (χ1n) is 7.03. The summed E-state index contributed by atoms with van der Waals surface area (Å²) in [5, 5.41) is 0. The average Bonchev–Trinajstić information content (AvgIpc) is 3.09. The Morgan fingerprint density at radius 2 is 1.55 bits per heavy atom. The van der Waals surface area contributed by atoms with Crippen LogP contribution in [0.5, 0.6) is 11.5 Å². The molecule has 1 aliphatic rings. The van der Waals surface area contributed by atoms with E-state index in [9.17, 15) is 0 Å². The van der Waals surface area contributed by atoms with Crippen molar-refractivity contribution in [1.82, 2.24) is 0 Å². The molecular formula is C18H19BrO. The van der Waals surface area contributed by atoms with Crippen LogP contribution in [0, 0.1) is 11.3 Å². The molecule has 104 valence electrons. The second kappa shape index (κ2) is 5.25. The monoisotopic (exact) mass is 330 g/mol. The number of ether oxygens (including phenoxy) is 1. The zero-order chi connectivity index (χ0) is 14.2. The zero-order valence-electron chi connectivity index (χ0n) is 11.8. The summed E-state index contributed by atoms with van der Waals surface area (Å²) in [6, 6.07) is 18.3. The van der Waals surface area contributed by atoms with E-state index in [4.69, 9.17) is 4.74 Å². The zero-order valence-corrected chi connectivity index (χ0v) is 13.4. The van der Waals surface area contributed by atoms with E-state index in [1.54, 1.807) is 0 Å². The van der Waals surface area contributed by atoms with Gasteiger partial charge in [0.15, 0.2) is 0 Å². The summed E-state index contributed by atoms with van der Waals surface area (Å²) in [6.07, 6.45) is 1.30. The summed E-state index contributed by atoms with van der Waals surface area (Å²) in [5.41, 5.74) is 1.81. The molecule has 2 aromatic rings. The topological polar surface area (TPSA) is 9.23 Å². The second-order valence-electron chi connectivity index (χ2n) is 6.19. The lowest BCUT2D eigenvalue weighted by atomic mass is 10.0. The van der Waals surface area contributed by atoms with Crippen molar-refractivity contribution in [3.63, 3.8) is 0 Å². The van der Waals surface area contributed by atoms with E-state index < -0.39 is 0 Å². The van der Waals surface area contributed by atoms with E-state index in [1.165, 1.54) is 12.0 Å². The predicted molar refractivity (Wildman–Crippen MR) is 86.5 cm³/mol. The highest BCUT2D eigenvalue weighted by Gasteiger charge is 2.49. The van der Waals surface area contributed by atoms with Crippen LogP contribution in [0.25, 0.3) is 0 Å². The molecule has 1 nitrogen and oxygen atoms in total. The molecule has 1 fully saturated rings. The Balaban J connectivity index is 1.69. The molecule has 0 bridgehead atoms. The minimum atomic E-state index is 0.447. The lowest BCUT2D eigenvalue weighted by Crippen LogP contribution is -1.98. The third kappa shape index (κ3) is 2.90. The number of rotatable bonds is 4. The van der Waals surface area contributed by atoms with Crippen molar-refractivity contribution in [3.8, 4) is 11.5 Å². The van der Waals surface area contributed by atoms with Crippen LogP contribution in [0.4, 0.5) is 0 Å². The first kappa shape index (κ1) is 13.7. The van der Waals surface area contributed by atoms with E-state index in [1.807, 2.05) is 42.5 Å². The van der Waals surface area contributed by atoms with Gasteiger partial charge in [-0.05, 0) is 47.6 Å². The molecule has 1 saturated carbocycles. The van der Waals surface area contributed by atoms with Gasteiger partial charge < -0.3 is 4.74 Å². The summed E-state index contributed by atoms with van der Waals surface area (Å²) >= 11 is 3.84. The van der Waals surface area contributed by atoms with Crippen LogP contribution in [0.3, 0.4) is 0 Å². The molecule has 2 aromatic carbocycles. The fraction of sp³-hybridized carbons (Fsp3) is 0.333. The molecule has 2 atom stereocenters. The Kier molecular flexibility index (Phi) is 3.59. The summed E-state index contributed by atoms with van der Waals surface area (Å²) in [6.45, 7) is 4.66. The third-order valence-electron chi connectivity index (χ3n) is 4.12. The van der Waals surface area contributed by atoms with Crippen molar-refractivity contribution in [2.75, 3.05) is 0 Å². The normalized spacial score (nSPS) is 21.2. The number of hydrogen-bond acceptors (Lipinski definition) is 1. The maximum absolute atomic E-state index is 5.81. The number of para-hydroxylation sites is 1. The summed E-state index contributed by atoms with van der Waals surface area (Å²) in [7, 11) is 0. The first-order valence-corrected chi connectivity index (χ1v) is 7.95. The number of benzene rings is 2. The van der Waals surface area contributed by atoms with Crippen molar-refractivity contribution < 1.29 is 4.74 Å². The van der Waals surface area contributed by atoms with Crippen molar-refractivity contribution in [2.24, 2.45) is 11.3 Å². The molecule has 0 heterocycles. The van der Waals surface area contributed by atoms with Crippen LogP contribution >= 0.6 is 15.9 Å². The van der Waals surface area contributed by atoms with Crippen LogP contribution in [0.2, 0.25) is 0 Å². The Labute approximate surface area is 129 Å². The molecular weight excluding hydrogens is 312 g/mol. The van der Waals surface area contributed by atoms with Gasteiger partial charge in [0.05, 0.1) is 0 Å². The van der Waals surface area contributed by atoms with Crippen LogP contribution in [0.15, 0.2) is 54.6 Å². The summed E-state index contributed by atoms with van der Waals surface area (Å²) in [4.78, 5) is 0.447. The summed E-state index contributed by atoms with van der Waals surface area (Å²) in [5.74, 6) is 2.50. The van der Waals surface area contributed by atoms with Crippen LogP contribution < -0.4 is 4.74 Å². The van der Waals surface area contributed by atoms with Crippen LogP contribution in [0.1, 0.15) is 30.7 Å². The van der Waals surface area contributed by atoms with Crippen molar-refractivity contribution in [3.05, 3.63) is 60.2 Å². The molecule has 3 rings (SSSR count). The van der Waals surface area contributed by atoms with Gasteiger partial charge in [-0.1, -0.05) is 60.1 Å². The van der Waals surface area contributed by atoms with Gasteiger partial charge in [-0.25, -0.2) is 0 Å². The molecule has 0 radical (unpaired) electrons. The highest BCUT2D eigenvalue weighted by Crippen LogP contribution is 2.60. The lowest BCUT2D eigenvalue weighted by Gasteiger charge is -2.13. The molecule has 2 unspecified atom stereocenters. The van der Waals surface area contributed by atoms with E-state index in [-0.39, 0.29) is 0 Å². The van der Waals surface area contributed by atoms with E-state index in [0.29, 0.717) is 10.2 Å². The number of hydrogen-bond donors (Lipinski definition) is 0. The third-order valence-corrected chi connectivity index (χ3v) is 5.29. The minimum absolute atomic E-state index is 0.447. The Hall–Kier alpha value is -1.28. The number of alkyl halides is 1. The average molecular weight is 331 g/mol. The highest BCUT2D eigenvalue weighted by molar-refractivity contribution is 9.09. The Morgan fingerprint density at radius 1 is 1.00 bits per heavy atom. The van der Waals surface area contributed by atoms with Gasteiger partial charge in [-0.2, -0.15) is 0 Å². The molecule has 2 heteroatoms. The molecule has 0 N–H and O–H groups in total. The largest absolute Gasteiger partial charge is 0.457 e. The van der Waals surface area contributed by atoms with Crippen molar-refractivity contribution in [2.45, 2.75) is 25.1 Å². The van der Waals surface area contributed by atoms with Gasteiger partial charge in [0.25, 0.3) is 0 Å². The fourth-order valence-corrected chi connectivity index (χ4v) is 3.79. The van der Waals surface area contributed by atoms with Crippen molar-refractivity contribution in [1.29, 1.82) is 0 Å². The molecule has 0 saturated heterocycles. The van der Waals surface area contributed by atoms with E-state index in [2.05, 4.69) is 41.9 Å². The van der Waals surface area contributed by atoms with Crippen LogP contribution in [-0.4, -0.2) is 0 Å². The molecule has 0 aromatic heterocycles.